The Labute approximate surface area is 155 Å². The molecule has 6 heteroatoms. The molecular formula is C16H26ClFIN3. The molecule has 0 bridgehead atoms. The number of nitrogens with one attached hydrogen (secondary N) is 2. The van der Waals surface area contributed by atoms with E-state index in [0.29, 0.717) is 18.9 Å². The Balaban J connectivity index is 0.00000441. The van der Waals surface area contributed by atoms with Crippen LogP contribution >= 0.6 is 35.6 Å². The van der Waals surface area contributed by atoms with Crippen LogP contribution in [-0.4, -0.2) is 32.8 Å². The Morgan fingerprint density at radius 1 is 1.32 bits per heavy atom. The van der Waals surface area contributed by atoms with Crippen LogP contribution in [0.25, 0.3) is 0 Å². The largest absolute Gasteiger partial charge is 0.356 e. The van der Waals surface area contributed by atoms with E-state index >= 15 is 0 Å². The van der Waals surface area contributed by atoms with Gasteiger partial charge in [0.2, 0.25) is 0 Å². The fourth-order valence-corrected chi connectivity index (χ4v) is 2.29. The van der Waals surface area contributed by atoms with Crippen molar-refractivity contribution >= 4 is 41.5 Å². The van der Waals surface area contributed by atoms with E-state index in [1.165, 1.54) is 5.56 Å². The van der Waals surface area contributed by atoms with Gasteiger partial charge in [-0.25, -0.2) is 0 Å². The van der Waals surface area contributed by atoms with E-state index in [9.17, 15) is 4.39 Å². The zero-order chi connectivity index (χ0) is 15.7. The number of hydrogen-bond acceptors (Lipinski definition) is 1. The lowest BCUT2D eigenvalue weighted by atomic mass is 9.86. The molecular weight excluding hydrogens is 416 g/mol. The average Bonchev–Trinajstić information content (AvgIpc) is 2.42. The van der Waals surface area contributed by atoms with Crippen molar-refractivity contribution in [1.82, 2.24) is 10.6 Å². The second kappa shape index (κ2) is 11.0. The smallest absolute Gasteiger partial charge is 0.190 e. The highest BCUT2D eigenvalue weighted by molar-refractivity contribution is 14.0. The molecule has 0 spiro atoms. The minimum absolute atomic E-state index is 0. The predicted octanol–water partition coefficient (Wildman–Crippen LogP) is 4.05. The number of nitrogens with zero attached hydrogens (tertiary/aromatic N) is 1. The molecule has 1 aromatic carbocycles. The van der Waals surface area contributed by atoms with Gasteiger partial charge in [-0.15, -0.1) is 24.0 Å². The summed E-state index contributed by atoms with van der Waals surface area (Å²) in [5.41, 5.74) is 1.28. The Bertz CT molecular complexity index is 466. The van der Waals surface area contributed by atoms with Gasteiger partial charge in [0.1, 0.15) is 0 Å². The molecule has 2 N–H and O–H groups in total. The van der Waals surface area contributed by atoms with E-state index in [1.54, 1.807) is 7.05 Å². The van der Waals surface area contributed by atoms with Crippen molar-refractivity contribution in [2.75, 3.05) is 26.8 Å². The standard InChI is InChI=1S/C16H25ClFN3.HI/c1-16(2,11-13-6-4-7-14(17)10-13)12-21-15(19-3)20-9-5-8-18;/h4,6-7,10H,5,8-9,11-12H2,1-3H3,(H2,19,20,21);1H. The molecule has 0 aromatic heterocycles. The predicted molar refractivity (Wildman–Crippen MR) is 104 cm³/mol. The van der Waals surface area contributed by atoms with Crippen LogP contribution in [-0.2, 0) is 6.42 Å². The van der Waals surface area contributed by atoms with E-state index in [4.69, 9.17) is 11.6 Å². The molecule has 0 heterocycles. The SMILES string of the molecule is CN=C(NCCCF)NCC(C)(C)Cc1cccc(Cl)c1.I. The number of rotatable bonds is 7. The lowest BCUT2D eigenvalue weighted by Gasteiger charge is -2.26. The molecule has 0 atom stereocenters. The fraction of sp³-hybridized carbons (Fsp3) is 0.562. The van der Waals surface area contributed by atoms with E-state index in [2.05, 4.69) is 35.5 Å². The van der Waals surface area contributed by atoms with Crippen molar-refractivity contribution in [3.63, 3.8) is 0 Å². The van der Waals surface area contributed by atoms with Crippen molar-refractivity contribution in [3.05, 3.63) is 34.9 Å². The molecule has 22 heavy (non-hydrogen) atoms. The summed E-state index contributed by atoms with van der Waals surface area (Å²) in [6, 6.07) is 7.94. The monoisotopic (exact) mass is 441 g/mol. The first-order chi connectivity index (χ1) is 9.96. The molecule has 126 valence electrons. The summed E-state index contributed by atoms with van der Waals surface area (Å²) >= 11 is 6.02. The van der Waals surface area contributed by atoms with Crippen LogP contribution in [0.3, 0.4) is 0 Å². The molecule has 0 radical (unpaired) electrons. The van der Waals surface area contributed by atoms with Crippen LogP contribution in [0.4, 0.5) is 4.39 Å². The highest BCUT2D eigenvalue weighted by Crippen LogP contribution is 2.22. The summed E-state index contributed by atoms with van der Waals surface area (Å²) in [6.45, 7) is 5.43. The third-order valence-electron chi connectivity index (χ3n) is 3.13. The molecule has 0 fully saturated rings. The molecule has 0 aliphatic heterocycles. The maximum Gasteiger partial charge on any atom is 0.190 e. The molecule has 0 saturated carbocycles. The Kier molecular flexibility index (Phi) is 10.8. The first-order valence-electron chi connectivity index (χ1n) is 7.22. The van der Waals surface area contributed by atoms with E-state index < -0.39 is 0 Å². The zero-order valence-electron chi connectivity index (χ0n) is 13.5. The van der Waals surface area contributed by atoms with Crippen LogP contribution in [0.15, 0.2) is 29.3 Å². The van der Waals surface area contributed by atoms with Crippen LogP contribution < -0.4 is 10.6 Å². The van der Waals surface area contributed by atoms with Gasteiger partial charge in [0.15, 0.2) is 5.96 Å². The van der Waals surface area contributed by atoms with Crippen LogP contribution in [0.2, 0.25) is 5.02 Å². The minimum atomic E-state index is -0.315. The van der Waals surface area contributed by atoms with E-state index in [1.807, 2.05) is 18.2 Å². The second-order valence-corrected chi connectivity index (χ2v) is 6.30. The zero-order valence-corrected chi connectivity index (χ0v) is 16.5. The average molecular weight is 442 g/mol. The van der Waals surface area contributed by atoms with Crippen molar-refractivity contribution in [1.29, 1.82) is 0 Å². The van der Waals surface area contributed by atoms with E-state index in [-0.39, 0.29) is 36.1 Å². The van der Waals surface area contributed by atoms with Gasteiger partial charge >= 0.3 is 0 Å². The Morgan fingerprint density at radius 2 is 2.05 bits per heavy atom. The summed E-state index contributed by atoms with van der Waals surface area (Å²) < 4.78 is 12.1. The maximum absolute atomic E-state index is 12.1. The molecule has 0 aliphatic carbocycles. The highest BCUT2D eigenvalue weighted by atomic mass is 127. The molecule has 1 rings (SSSR count). The number of alkyl halides is 1. The third kappa shape index (κ3) is 8.78. The highest BCUT2D eigenvalue weighted by Gasteiger charge is 2.19. The first-order valence-corrected chi connectivity index (χ1v) is 7.59. The quantitative estimate of drug-likeness (QED) is 0.290. The normalized spacial score (nSPS) is 11.8. The van der Waals surface area contributed by atoms with Crippen molar-refractivity contribution in [2.24, 2.45) is 10.4 Å². The number of guanidine groups is 1. The van der Waals surface area contributed by atoms with Crippen LogP contribution in [0, 0.1) is 5.41 Å². The third-order valence-corrected chi connectivity index (χ3v) is 3.37. The fourth-order valence-electron chi connectivity index (χ4n) is 2.08. The second-order valence-electron chi connectivity index (χ2n) is 5.87. The van der Waals surface area contributed by atoms with Gasteiger partial charge in [-0.3, -0.25) is 9.38 Å². The summed E-state index contributed by atoms with van der Waals surface area (Å²) in [4.78, 5) is 4.13. The van der Waals surface area contributed by atoms with Gasteiger partial charge in [0.25, 0.3) is 0 Å². The maximum atomic E-state index is 12.1. The van der Waals surface area contributed by atoms with Gasteiger partial charge in [-0.1, -0.05) is 37.6 Å². The van der Waals surface area contributed by atoms with E-state index in [0.717, 1.165) is 18.0 Å². The molecule has 0 aliphatic rings. The van der Waals surface area contributed by atoms with Gasteiger partial charge in [-0.05, 0) is 36.0 Å². The molecule has 1 aromatic rings. The summed E-state index contributed by atoms with van der Waals surface area (Å²) in [5.74, 6) is 0.711. The lowest BCUT2D eigenvalue weighted by molar-refractivity contribution is 0.359. The van der Waals surface area contributed by atoms with Gasteiger partial charge in [0.05, 0.1) is 6.67 Å². The molecule has 0 saturated heterocycles. The van der Waals surface area contributed by atoms with Crippen molar-refractivity contribution in [2.45, 2.75) is 26.7 Å². The van der Waals surface area contributed by atoms with Crippen molar-refractivity contribution < 1.29 is 4.39 Å². The van der Waals surface area contributed by atoms with Crippen molar-refractivity contribution in [3.8, 4) is 0 Å². The van der Waals surface area contributed by atoms with Gasteiger partial charge in [0, 0.05) is 25.2 Å². The lowest BCUT2D eigenvalue weighted by Crippen LogP contribution is -2.43. The Hall–Kier alpha value is -0.560. The van der Waals surface area contributed by atoms with Gasteiger partial charge in [-0.2, -0.15) is 0 Å². The molecule has 3 nitrogen and oxygen atoms in total. The number of hydrogen-bond donors (Lipinski definition) is 2. The van der Waals surface area contributed by atoms with Crippen LogP contribution in [0.1, 0.15) is 25.8 Å². The topological polar surface area (TPSA) is 36.4 Å². The van der Waals surface area contributed by atoms with Gasteiger partial charge < -0.3 is 10.6 Å². The molecule has 0 amide bonds. The molecule has 0 unspecified atom stereocenters. The number of benzene rings is 1. The van der Waals surface area contributed by atoms with Crippen LogP contribution in [0.5, 0.6) is 0 Å². The number of aliphatic imine (C=N–C) groups is 1. The summed E-state index contributed by atoms with van der Waals surface area (Å²) in [6.07, 6.45) is 1.41. The summed E-state index contributed by atoms with van der Waals surface area (Å²) in [7, 11) is 1.72. The summed E-state index contributed by atoms with van der Waals surface area (Å²) in [5, 5.41) is 7.14. The Morgan fingerprint density at radius 3 is 2.64 bits per heavy atom. The first kappa shape index (κ1) is 21.4. The minimum Gasteiger partial charge on any atom is -0.356 e. The number of halogens is 3.